The molecule has 0 bridgehead atoms. The van der Waals surface area contributed by atoms with Crippen LogP contribution in [0.1, 0.15) is 32.6 Å². The van der Waals surface area contributed by atoms with E-state index in [9.17, 15) is 28.8 Å². The van der Waals surface area contributed by atoms with Crippen molar-refractivity contribution in [3.05, 3.63) is 0 Å². The van der Waals surface area contributed by atoms with Crippen LogP contribution in [0.4, 0.5) is 0 Å². The molecular weight excluding hydrogens is 434 g/mol. The van der Waals surface area contributed by atoms with E-state index in [0.717, 1.165) is 0 Å². The number of nitrogens with two attached hydrogens (primary N) is 2. The summed E-state index contributed by atoms with van der Waals surface area (Å²) in [7, 11) is 0. The first-order valence-electron chi connectivity index (χ1n) is 9.27. The van der Waals surface area contributed by atoms with E-state index in [1.54, 1.807) is 6.26 Å². The van der Waals surface area contributed by atoms with Gasteiger partial charge in [-0.05, 0) is 31.8 Å². The zero-order chi connectivity index (χ0) is 24.1. The lowest BCUT2D eigenvalue weighted by Gasteiger charge is -2.23. The maximum atomic E-state index is 12.5. The van der Waals surface area contributed by atoms with Crippen LogP contribution in [0, 0.1) is 0 Å². The number of aliphatic carboxylic acids is 2. The molecule has 0 saturated heterocycles. The molecule has 31 heavy (non-hydrogen) atoms. The second-order valence-corrected chi connectivity index (χ2v) is 7.67. The first-order valence-corrected chi connectivity index (χ1v) is 10.7. The third-order valence-electron chi connectivity index (χ3n) is 4.02. The Bertz CT molecular complexity index is 689. The summed E-state index contributed by atoms with van der Waals surface area (Å²) < 4.78 is 0. The van der Waals surface area contributed by atoms with E-state index in [4.69, 9.17) is 21.7 Å². The van der Waals surface area contributed by atoms with Gasteiger partial charge in [0.15, 0.2) is 0 Å². The van der Waals surface area contributed by atoms with Gasteiger partial charge in [0.05, 0.1) is 12.5 Å². The largest absolute Gasteiger partial charge is 0.481 e. The Labute approximate surface area is 183 Å². The Balaban J connectivity index is 5.03. The molecule has 4 atom stereocenters. The Morgan fingerprint density at radius 3 is 1.97 bits per heavy atom. The average molecular weight is 464 g/mol. The minimum atomic E-state index is -1.44. The zero-order valence-corrected chi connectivity index (χ0v) is 18.1. The summed E-state index contributed by atoms with van der Waals surface area (Å²) in [5.41, 5.74) is 10.6. The summed E-state index contributed by atoms with van der Waals surface area (Å²) in [6.07, 6.45) is 0.781. The van der Waals surface area contributed by atoms with E-state index in [-0.39, 0.29) is 12.8 Å². The standard InChI is InChI=1S/C17H29N5O8S/c1-8(14(26)22-11(17(29)30)3-4-13(24)25)20-16(28)10(5-6-31-2)21-15(27)9(18)7-12(19)23/h8-11H,3-7,18H2,1-2H3,(H2,19,23)(H,20,28)(H,21,27)(H,22,26)(H,24,25)(H,29,30). The van der Waals surface area contributed by atoms with Crippen molar-refractivity contribution in [3.8, 4) is 0 Å². The van der Waals surface area contributed by atoms with Crippen LogP contribution < -0.4 is 27.4 Å². The van der Waals surface area contributed by atoms with E-state index < -0.39 is 72.6 Å². The molecule has 0 aromatic heterocycles. The summed E-state index contributed by atoms with van der Waals surface area (Å²) in [6, 6.07) is -4.92. The number of carboxylic acid groups (broad SMARTS) is 2. The lowest BCUT2D eigenvalue weighted by Crippen LogP contribution is -2.56. The van der Waals surface area contributed by atoms with Gasteiger partial charge in [0.25, 0.3) is 0 Å². The summed E-state index contributed by atoms with van der Waals surface area (Å²) in [5, 5.41) is 24.7. The molecule has 0 aromatic carbocycles. The Morgan fingerprint density at radius 1 is 0.903 bits per heavy atom. The van der Waals surface area contributed by atoms with Gasteiger partial charge < -0.3 is 37.6 Å². The number of hydrogen-bond donors (Lipinski definition) is 7. The number of carbonyl (C=O) groups is 6. The Morgan fingerprint density at radius 2 is 1.48 bits per heavy atom. The molecule has 4 amide bonds. The molecule has 176 valence electrons. The molecule has 0 aliphatic rings. The molecule has 0 radical (unpaired) electrons. The first-order chi connectivity index (χ1) is 14.4. The predicted octanol–water partition coefficient (Wildman–Crippen LogP) is -2.63. The van der Waals surface area contributed by atoms with Crippen LogP contribution in [0.25, 0.3) is 0 Å². The lowest BCUT2D eigenvalue weighted by atomic mass is 10.1. The fourth-order valence-electron chi connectivity index (χ4n) is 2.29. The van der Waals surface area contributed by atoms with Crippen LogP contribution in [0.15, 0.2) is 0 Å². The van der Waals surface area contributed by atoms with E-state index in [1.807, 2.05) is 0 Å². The third kappa shape index (κ3) is 11.8. The zero-order valence-electron chi connectivity index (χ0n) is 17.3. The van der Waals surface area contributed by atoms with Gasteiger partial charge in [0.2, 0.25) is 23.6 Å². The highest BCUT2D eigenvalue weighted by Gasteiger charge is 2.28. The van der Waals surface area contributed by atoms with Crippen molar-refractivity contribution in [2.24, 2.45) is 11.5 Å². The van der Waals surface area contributed by atoms with Crippen LogP contribution >= 0.6 is 11.8 Å². The summed E-state index contributed by atoms with van der Waals surface area (Å²) in [4.78, 5) is 69.6. The highest BCUT2D eigenvalue weighted by atomic mass is 32.2. The molecule has 13 nitrogen and oxygen atoms in total. The fraction of sp³-hybridized carbons (Fsp3) is 0.647. The summed E-state index contributed by atoms with van der Waals surface area (Å²) in [5.74, 6) is -5.25. The van der Waals surface area contributed by atoms with Crippen LogP contribution in [0.3, 0.4) is 0 Å². The molecule has 0 saturated carbocycles. The minimum absolute atomic E-state index is 0.201. The third-order valence-corrected chi connectivity index (χ3v) is 4.66. The monoisotopic (exact) mass is 463 g/mol. The number of hydrogen-bond acceptors (Lipinski definition) is 8. The second-order valence-electron chi connectivity index (χ2n) is 6.68. The van der Waals surface area contributed by atoms with Gasteiger partial charge in [-0.25, -0.2) is 4.79 Å². The molecule has 0 aliphatic carbocycles. The molecule has 0 rings (SSSR count). The minimum Gasteiger partial charge on any atom is -0.481 e. The van der Waals surface area contributed by atoms with Gasteiger partial charge in [-0.15, -0.1) is 0 Å². The van der Waals surface area contributed by atoms with Gasteiger partial charge in [0, 0.05) is 6.42 Å². The molecule has 0 fully saturated rings. The van der Waals surface area contributed by atoms with Crippen LogP contribution in [0.5, 0.6) is 0 Å². The normalized spacial score (nSPS) is 14.4. The van der Waals surface area contributed by atoms with Crippen molar-refractivity contribution in [3.63, 3.8) is 0 Å². The van der Waals surface area contributed by atoms with Crippen molar-refractivity contribution >= 4 is 47.3 Å². The molecule has 0 aliphatic heterocycles. The molecular formula is C17H29N5O8S. The highest BCUT2D eigenvalue weighted by molar-refractivity contribution is 7.98. The summed E-state index contributed by atoms with van der Waals surface area (Å²) in [6.45, 7) is 1.30. The fourth-order valence-corrected chi connectivity index (χ4v) is 2.77. The van der Waals surface area contributed by atoms with Crippen LogP contribution in [0.2, 0.25) is 0 Å². The highest BCUT2D eigenvalue weighted by Crippen LogP contribution is 2.04. The van der Waals surface area contributed by atoms with E-state index >= 15 is 0 Å². The topological polar surface area (TPSA) is 231 Å². The molecule has 0 aromatic rings. The van der Waals surface area contributed by atoms with Gasteiger partial charge in [-0.3, -0.25) is 24.0 Å². The number of amides is 4. The molecule has 9 N–H and O–H groups in total. The SMILES string of the molecule is CSCCC(NC(=O)C(N)CC(N)=O)C(=O)NC(C)C(=O)NC(CCC(=O)O)C(=O)O. The quantitative estimate of drug-likeness (QED) is 0.133. The number of primary amides is 1. The Hall–Kier alpha value is -2.87. The molecule has 4 unspecified atom stereocenters. The number of rotatable bonds is 15. The van der Waals surface area contributed by atoms with Crippen molar-refractivity contribution in [2.75, 3.05) is 12.0 Å². The number of carboxylic acids is 2. The van der Waals surface area contributed by atoms with Crippen molar-refractivity contribution in [1.29, 1.82) is 0 Å². The van der Waals surface area contributed by atoms with Crippen LogP contribution in [-0.4, -0.2) is 82.0 Å². The van der Waals surface area contributed by atoms with Gasteiger partial charge in [0.1, 0.15) is 18.1 Å². The molecule has 0 heterocycles. The maximum Gasteiger partial charge on any atom is 0.326 e. The van der Waals surface area contributed by atoms with Crippen molar-refractivity contribution in [1.82, 2.24) is 16.0 Å². The van der Waals surface area contributed by atoms with E-state index in [0.29, 0.717) is 5.75 Å². The maximum absolute atomic E-state index is 12.5. The van der Waals surface area contributed by atoms with Crippen LogP contribution in [-0.2, 0) is 28.8 Å². The molecule has 0 spiro atoms. The van der Waals surface area contributed by atoms with E-state index in [1.165, 1.54) is 18.7 Å². The van der Waals surface area contributed by atoms with Crippen molar-refractivity contribution in [2.45, 2.75) is 56.8 Å². The smallest absolute Gasteiger partial charge is 0.326 e. The number of carbonyl (C=O) groups excluding carboxylic acids is 4. The predicted molar refractivity (Wildman–Crippen MR) is 111 cm³/mol. The first kappa shape index (κ1) is 28.1. The van der Waals surface area contributed by atoms with Gasteiger partial charge >= 0.3 is 11.9 Å². The van der Waals surface area contributed by atoms with E-state index in [2.05, 4.69) is 16.0 Å². The van der Waals surface area contributed by atoms with Gasteiger partial charge in [-0.2, -0.15) is 11.8 Å². The lowest BCUT2D eigenvalue weighted by molar-refractivity contribution is -0.143. The summed E-state index contributed by atoms with van der Waals surface area (Å²) >= 11 is 1.41. The second kappa shape index (κ2) is 14.2. The average Bonchev–Trinajstić information content (AvgIpc) is 2.66. The van der Waals surface area contributed by atoms with Crippen molar-refractivity contribution < 1.29 is 39.0 Å². The number of thioether (sulfide) groups is 1. The molecule has 14 heteroatoms. The number of nitrogens with one attached hydrogen (secondary N) is 3. The Kier molecular flexibility index (Phi) is 12.9. The van der Waals surface area contributed by atoms with Gasteiger partial charge in [-0.1, -0.05) is 0 Å².